The van der Waals surface area contributed by atoms with Gasteiger partial charge in [0, 0.05) is 25.7 Å². The van der Waals surface area contributed by atoms with Crippen LogP contribution in [0, 0.1) is 5.41 Å². The van der Waals surface area contributed by atoms with Crippen LogP contribution in [-0.4, -0.2) is 49.2 Å². The van der Waals surface area contributed by atoms with Gasteiger partial charge in [-0.2, -0.15) is 0 Å². The van der Waals surface area contributed by atoms with Crippen LogP contribution in [0.25, 0.3) is 0 Å². The Labute approximate surface area is 157 Å². The molecule has 0 aromatic carbocycles. The van der Waals surface area contributed by atoms with Gasteiger partial charge in [-0.15, -0.1) is 24.0 Å². The number of nitrogens with zero attached hydrogens (tertiary/aromatic N) is 2. The number of piperidine rings is 1. The number of hydrogen-bond donors (Lipinski definition) is 2. The van der Waals surface area contributed by atoms with E-state index < -0.39 is 0 Å². The summed E-state index contributed by atoms with van der Waals surface area (Å²) in [4.78, 5) is 17.7. The van der Waals surface area contributed by atoms with Gasteiger partial charge in [-0.25, -0.2) is 4.79 Å². The topological polar surface area (TPSA) is 80.0 Å². The van der Waals surface area contributed by atoms with Crippen molar-refractivity contribution in [3.05, 3.63) is 0 Å². The predicted octanol–water partition coefficient (Wildman–Crippen LogP) is 2.96. The standard InChI is InChI=1S/C16H32N4O2.HI/c1-5-22-15(21)20-11-7-13(8-12-20)19-14(17)18-10-6-9-16(2,3)4;/h13H,5-12H2,1-4H3,(H3,17,18,19);1H. The lowest BCUT2D eigenvalue weighted by molar-refractivity contribution is 0.0963. The van der Waals surface area contributed by atoms with E-state index >= 15 is 0 Å². The third-order valence-electron chi connectivity index (χ3n) is 3.74. The molecular weight excluding hydrogens is 407 g/mol. The average molecular weight is 440 g/mol. The van der Waals surface area contributed by atoms with Crippen molar-refractivity contribution < 1.29 is 9.53 Å². The molecule has 0 unspecified atom stereocenters. The van der Waals surface area contributed by atoms with Crippen LogP contribution >= 0.6 is 24.0 Å². The van der Waals surface area contributed by atoms with Gasteiger partial charge < -0.3 is 20.7 Å². The molecule has 0 aliphatic carbocycles. The van der Waals surface area contributed by atoms with E-state index in [1.54, 1.807) is 4.90 Å². The molecule has 0 aromatic rings. The molecule has 0 atom stereocenters. The van der Waals surface area contributed by atoms with E-state index in [0.29, 0.717) is 31.1 Å². The molecule has 6 nitrogen and oxygen atoms in total. The number of nitrogens with two attached hydrogens (primary N) is 1. The zero-order chi connectivity index (χ0) is 16.6. The van der Waals surface area contributed by atoms with Crippen molar-refractivity contribution >= 4 is 36.0 Å². The zero-order valence-corrected chi connectivity index (χ0v) is 17.3. The number of carbonyl (C=O) groups excluding carboxylic acids is 1. The van der Waals surface area contributed by atoms with E-state index in [1.807, 2.05) is 6.92 Å². The Morgan fingerprint density at radius 1 is 1.35 bits per heavy atom. The highest BCUT2D eigenvalue weighted by Crippen LogP contribution is 2.20. The van der Waals surface area contributed by atoms with Gasteiger partial charge in [0.2, 0.25) is 0 Å². The lowest BCUT2D eigenvalue weighted by Gasteiger charge is -2.31. The van der Waals surface area contributed by atoms with Gasteiger partial charge in [-0.05, 0) is 38.0 Å². The summed E-state index contributed by atoms with van der Waals surface area (Å²) < 4.78 is 5.01. The van der Waals surface area contributed by atoms with Crippen LogP contribution in [0.15, 0.2) is 4.99 Å². The molecule has 0 radical (unpaired) electrons. The van der Waals surface area contributed by atoms with Gasteiger partial charge in [0.1, 0.15) is 0 Å². The highest BCUT2D eigenvalue weighted by atomic mass is 127. The van der Waals surface area contributed by atoms with E-state index in [2.05, 4.69) is 31.1 Å². The monoisotopic (exact) mass is 440 g/mol. The second-order valence-corrected chi connectivity index (χ2v) is 7.04. The maximum absolute atomic E-state index is 11.6. The number of carbonyl (C=O) groups is 1. The average Bonchev–Trinajstić information content (AvgIpc) is 2.44. The highest BCUT2D eigenvalue weighted by Gasteiger charge is 2.23. The minimum Gasteiger partial charge on any atom is -0.450 e. The smallest absolute Gasteiger partial charge is 0.409 e. The van der Waals surface area contributed by atoms with Crippen molar-refractivity contribution in [1.82, 2.24) is 10.2 Å². The molecule has 7 heteroatoms. The Hall–Kier alpha value is -0.730. The predicted molar refractivity (Wildman–Crippen MR) is 105 cm³/mol. The third kappa shape index (κ3) is 9.88. The van der Waals surface area contributed by atoms with Crippen molar-refractivity contribution in [3.8, 4) is 0 Å². The Bertz CT molecular complexity index is 375. The van der Waals surface area contributed by atoms with E-state index in [0.717, 1.165) is 32.2 Å². The number of halogens is 1. The SMILES string of the molecule is CCOC(=O)N1CCC(NC(N)=NCCCC(C)(C)C)CC1.I. The molecule has 1 saturated heterocycles. The van der Waals surface area contributed by atoms with Crippen LogP contribution in [0.4, 0.5) is 4.79 Å². The maximum atomic E-state index is 11.6. The molecule has 1 heterocycles. The van der Waals surface area contributed by atoms with Crippen LogP contribution in [0.5, 0.6) is 0 Å². The molecule has 1 aliphatic heterocycles. The second kappa shape index (κ2) is 10.9. The largest absolute Gasteiger partial charge is 0.450 e. The first kappa shape index (κ1) is 22.3. The molecule has 1 aliphatic rings. The van der Waals surface area contributed by atoms with E-state index in [9.17, 15) is 4.79 Å². The maximum Gasteiger partial charge on any atom is 0.409 e. The molecule has 1 amide bonds. The summed E-state index contributed by atoms with van der Waals surface area (Å²) in [6, 6.07) is 0.289. The highest BCUT2D eigenvalue weighted by molar-refractivity contribution is 14.0. The second-order valence-electron chi connectivity index (χ2n) is 7.04. The van der Waals surface area contributed by atoms with Crippen LogP contribution in [0.3, 0.4) is 0 Å². The summed E-state index contributed by atoms with van der Waals surface area (Å²) in [6.07, 6.45) is 3.72. The summed E-state index contributed by atoms with van der Waals surface area (Å²) in [7, 11) is 0. The minimum absolute atomic E-state index is 0. The quantitative estimate of drug-likeness (QED) is 0.298. The number of ether oxygens (including phenoxy) is 1. The fourth-order valence-corrected chi connectivity index (χ4v) is 2.48. The van der Waals surface area contributed by atoms with Crippen LogP contribution < -0.4 is 11.1 Å². The first-order valence-corrected chi connectivity index (χ1v) is 8.30. The van der Waals surface area contributed by atoms with E-state index in [1.165, 1.54) is 0 Å². The Balaban J connectivity index is 0.00000484. The van der Waals surface area contributed by atoms with Crippen molar-refractivity contribution in [3.63, 3.8) is 0 Å². The minimum atomic E-state index is -0.218. The zero-order valence-electron chi connectivity index (χ0n) is 14.9. The third-order valence-corrected chi connectivity index (χ3v) is 3.74. The van der Waals surface area contributed by atoms with Crippen molar-refractivity contribution in [2.45, 2.75) is 59.4 Å². The van der Waals surface area contributed by atoms with Crippen LogP contribution in [0.2, 0.25) is 0 Å². The molecule has 1 fully saturated rings. The van der Waals surface area contributed by atoms with Crippen molar-refractivity contribution in [2.24, 2.45) is 16.1 Å². The fraction of sp³-hybridized carbons (Fsp3) is 0.875. The van der Waals surface area contributed by atoms with E-state index in [-0.39, 0.29) is 36.1 Å². The molecule has 136 valence electrons. The Kier molecular flexibility index (Phi) is 10.6. The summed E-state index contributed by atoms with van der Waals surface area (Å²) in [5.74, 6) is 0.517. The number of guanidine groups is 1. The molecule has 0 spiro atoms. The number of rotatable bonds is 5. The van der Waals surface area contributed by atoms with E-state index in [4.69, 9.17) is 10.5 Å². The van der Waals surface area contributed by atoms with Crippen LogP contribution in [0.1, 0.15) is 53.4 Å². The number of hydrogen-bond acceptors (Lipinski definition) is 3. The summed E-state index contributed by atoms with van der Waals surface area (Å²) in [5, 5.41) is 3.26. The molecular formula is C16H33IN4O2. The van der Waals surface area contributed by atoms with Gasteiger partial charge in [0.05, 0.1) is 6.61 Å². The molecule has 23 heavy (non-hydrogen) atoms. The number of likely N-dealkylation sites (tertiary alicyclic amines) is 1. The number of nitrogens with one attached hydrogen (secondary N) is 1. The van der Waals surface area contributed by atoms with Gasteiger partial charge in [0.15, 0.2) is 5.96 Å². The Morgan fingerprint density at radius 3 is 2.48 bits per heavy atom. The summed E-state index contributed by atoms with van der Waals surface area (Å²) >= 11 is 0. The van der Waals surface area contributed by atoms with Gasteiger partial charge in [-0.3, -0.25) is 4.99 Å². The fourth-order valence-electron chi connectivity index (χ4n) is 2.48. The van der Waals surface area contributed by atoms with Crippen LogP contribution in [-0.2, 0) is 4.74 Å². The molecule has 0 saturated carbocycles. The van der Waals surface area contributed by atoms with Crippen molar-refractivity contribution in [2.75, 3.05) is 26.2 Å². The number of amides is 1. The van der Waals surface area contributed by atoms with Crippen molar-refractivity contribution in [1.29, 1.82) is 0 Å². The summed E-state index contributed by atoms with van der Waals surface area (Å²) in [5.41, 5.74) is 6.28. The number of aliphatic imine (C=N–C) groups is 1. The lowest BCUT2D eigenvalue weighted by Crippen LogP contribution is -2.48. The molecule has 3 N–H and O–H groups in total. The van der Waals surface area contributed by atoms with Gasteiger partial charge in [-0.1, -0.05) is 20.8 Å². The molecule has 1 rings (SSSR count). The Morgan fingerprint density at radius 2 is 1.96 bits per heavy atom. The summed E-state index contributed by atoms with van der Waals surface area (Å²) in [6.45, 7) is 11.1. The first-order chi connectivity index (χ1) is 10.3. The normalized spacial score (nSPS) is 16.7. The molecule has 0 aromatic heterocycles. The van der Waals surface area contributed by atoms with Gasteiger partial charge >= 0.3 is 6.09 Å². The molecule has 0 bridgehead atoms. The first-order valence-electron chi connectivity index (χ1n) is 8.30. The lowest BCUT2D eigenvalue weighted by atomic mass is 9.91. The van der Waals surface area contributed by atoms with Gasteiger partial charge in [0.25, 0.3) is 0 Å².